The first-order valence-corrected chi connectivity index (χ1v) is 41.3. The lowest BCUT2D eigenvalue weighted by Gasteiger charge is -2.26. The third-order valence-electron chi connectivity index (χ3n) is 18.1. The van der Waals surface area contributed by atoms with Gasteiger partial charge < -0.3 is 133 Å². The third-order valence-corrected chi connectivity index (χ3v) is 20.5. The van der Waals surface area contributed by atoms with Crippen LogP contribution in [0.5, 0.6) is 11.5 Å². The Hall–Kier alpha value is -11.8. The minimum absolute atomic E-state index is 0.0402. The van der Waals surface area contributed by atoms with Crippen LogP contribution >= 0.6 is 21.6 Å². The van der Waals surface area contributed by atoms with E-state index < -0.39 is 187 Å². The summed E-state index contributed by atoms with van der Waals surface area (Å²) in [6.07, 6.45) is -1.88. The van der Waals surface area contributed by atoms with Gasteiger partial charge in [-0.05, 0) is 119 Å². The predicted molar refractivity (Wildman–Crippen MR) is 432 cm³/mol. The van der Waals surface area contributed by atoms with E-state index in [1.54, 1.807) is 0 Å². The first-order chi connectivity index (χ1) is 56.7. The molecule has 2 aromatic rings. The van der Waals surface area contributed by atoms with Crippen molar-refractivity contribution in [3.05, 3.63) is 59.7 Å². The molecule has 2 fully saturated rings. The molecule has 0 spiro atoms. The molecule has 0 aliphatic carbocycles. The molecule has 4 rings (SSSR count). The smallest absolute Gasteiger partial charge is 0.305 e. The Morgan fingerprint density at radius 3 is 1.24 bits per heavy atom. The highest BCUT2D eigenvalue weighted by molar-refractivity contribution is 8.76. The number of aliphatic hydroxyl groups excluding tert-OH is 1. The van der Waals surface area contributed by atoms with E-state index in [2.05, 4.69) is 90.4 Å². The van der Waals surface area contributed by atoms with Crippen molar-refractivity contribution in [3.8, 4) is 11.5 Å². The number of hydrogen-bond acceptors (Lipinski definition) is 25. The first-order valence-electron chi connectivity index (χ1n) is 38.8. The van der Waals surface area contributed by atoms with E-state index in [9.17, 15) is 102 Å². The van der Waals surface area contributed by atoms with Crippen LogP contribution < -0.4 is 108 Å². The van der Waals surface area contributed by atoms with Gasteiger partial charge in [0.25, 0.3) is 0 Å². The van der Waals surface area contributed by atoms with Crippen LogP contribution in [0.2, 0.25) is 0 Å². The number of unbranched alkanes of at least 4 members (excludes halogenated alkanes) is 4. The Bertz CT molecular complexity index is 3790. The molecule has 0 bridgehead atoms. The second-order valence-corrected chi connectivity index (χ2v) is 30.5. The summed E-state index contributed by atoms with van der Waals surface area (Å²) in [6, 6.07) is -3.61. The summed E-state index contributed by atoms with van der Waals surface area (Å²) in [4.78, 5) is 229. The number of nitrogens with two attached hydrogens (primary N) is 3. The highest BCUT2D eigenvalue weighted by atomic mass is 33.1. The van der Waals surface area contributed by atoms with Crippen LogP contribution in [0.15, 0.2) is 48.5 Å². The number of carboxylic acid groups (broad SMARTS) is 2. The Balaban J connectivity index is 1.54. The molecule has 4 unspecified atom stereocenters. The zero-order valence-electron chi connectivity index (χ0n) is 65.7. The predicted octanol–water partition coefficient (Wildman–Crippen LogP) is -6.78. The van der Waals surface area contributed by atoms with E-state index in [4.69, 9.17) is 33.1 Å². The molecule has 30 N–H and O–H groups in total. The third kappa shape index (κ3) is 41.7. The van der Waals surface area contributed by atoms with E-state index in [0.29, 0.717) is 29.7 Å². The molecule has 15 amide bonds. The number of carbonyl (C=O) groups excluding carboxylic acids is 15. The van der Waals surface area contributed by atoms with Crippen molar-refractivity contribution in [3.63, 3.8) is 0 Å². The molecular weight excluding hydrogens is 1600 g/mol. The maximum absolute atomic E-state index is 14.5. The second kappa shape index (κ2) is 55.0. The van der Waals surface area contributed by atoms with Crippen molar-refractivity contribution in [1.82, 2.24) is 90.4 Å². The minimum atomic E-state index is -1.77. The topological polar surface area (TPSA) is 722 Å². The van der Waals surface area contributed by atoms with Crippen LogP contribution in [0.25, 0.3) is 0 Å². The molecular formula is C73H112N22O22S2. The molecule has 46 heteroatoms. The number of rotatable bonds is 46. The minimum Gasteiger partial charge on any atom is -0.508 e. The Kier molecular flexibility index (Phi) is 46.0. The molecule has 2 heterocycles. The highest BCUT2D eigenvalue weighted by Gasteiger charge is 2.37. The summed E-state index contributed by atoms with van der Waals surface area (Å²) in [7, 11) is 2.68. The highest BCUT2D eigenvalue weighted by Crippen LogP contribution is 2.23. The van der Waals surface area contributed by atoms with Crippen molar-refractivity contribution < 1.29 is 107 Å². The summed E-state index contributed by atoms with van der Waals surface area (Å²) in [5.74, 6) is -15.7. The van der Waals surface area contributed by atoms with Crippen LogP contribution in [0.1, 0.15) is 133 Å². The number of phenols is 2. The number of benzene rings is 2. The molecule has 0 aromatic heterocycles. The van der Waals surface area contributed by atoms with Crippen molar-refractivity contribution in [2.24, 2.45) is 17.2 Å². The molecule has 658 valence electrons. The van der Waals surface area contributed by atoms with Gasteiger partial charge in [-0.1, -0.05) is 52.3 Å². The van der Waals surface area contributed by atoms with Crippen LogP contribution in [0, 0.1) is 10.8 Å². The number of aromatic hydroxyl groups is 2. The zero-order valence-corrected chi connectivity index (χ0v) is 67.4. The number of aliphatic hydroxyl groups is 1. The van der Waals surface area contributed by atoms with Gasteiger partial charge in [-0.25, -0.2) is 0 Å². The van der Waals surface area contributed by atoms with Crippen LogP contribution in [0.3, 0.4) is 0 Å². The number of aliphatic carboxylic acids is 2. The van der Waals surface area contributed by atoms with Gasteiger partial charge in [-0.15, -0.1) is 0 Å². The van der Waals surface area contributed by atoms with Gasteiger partial charge in [0, 0.05) is 82.9 Å². The van der Waals surface area contributed by atoms with E-state index in [-0.39, 0.29) is 184 Å². The number of hydrogen-bond donors (Lipinski definition) is 27. The number of amides is 15. The summed E-state index contributed by atoms with van der Waals surface area (Å²) in [6.45, 7) is -1.47. The molecule has 2 saturated heterocycles. The van der Waals surface area contributed by atoms with Gasteiger partial charge >= 0.3 is 11.9 Å². The number of nitrogens with one attached hydrogen (secondary N) is 19. The van der Waals surface area contributed by atoms with Crippen LogP contribution in [0.4, 0.5) is 0 Å². The summed E-state index contributed by atoms with van der Waals surface area (Å²) in [5, 5.41) is 106. The van der Waals surface area contributed by atoms with Gasteiger partial charge in [-0.2, -0.15) is 0 Å². The van der Waals surface area contributed by atoms with Gasteiger partial charge in [0.05, 0.1) is 38.6 Å². The molecule has 0 saturated carbocycles. The molecule has 119 heavy (non-hydrogen) atoms. The molecule has 10 atom stereocenters. The first kappa shape index (κ1) is 99.5. The summed E-state index contributed by atoms with van der Waals surface area (Å²) < 4.78 is 0. The molecule has 44 nitrogen and oxygen atoms in total. The lowest BCUT2D eigenvalue weighted by atomic mass is 10.0. The fraction of sp³-hybridized carbons (Fsp3) is 0.575. The zero-order chi connectivity index (χ0) is 87.8. The Morgan fingerprint density at radius 2 is 0.798 bits per heavy atom. The summed E-state index contributed by atoms with van der Waals surface area (Å²) >= 11 is 0. The summed E-state index contributed by atoms with van der Waals surface area (Å²) in [5.41, 5.74) is 17.7. The normalized spacial score (nSPS) is 19.6. The van der Waals surface area contributed by atoms with Crippen molar-refractivity contribution in [2.75, 3.05) is 70.5 Å². The van der Waals surface area contributed by atoms with Gasteiger partial charge in [0.2, 0.25) is 88.6 Å². The van der Waals surface area contributed by atoms with E-state index in [1.165, 1.54) is 70.1 Å². The lowest BCUT2D eigenvalue weighted by Crippen LogP contribution is -2.58. The van der Waals surface area contributed by atoms with Gasteiger partial charge in [0.15, 0.2) is 11.9 Å². The molecule has 0 radical (unpaired) electrons. The van der Waals surface area contributed by atoms with Gasteiger partial charge in [0.1, 0.15) is 65.9 Å². The standard InChI is InChI=1S/C73H112N22O22S2/c74-45(40-119-118-33-25-56(100)80-31-32-96)62(108)81-27-5-1-2-14-57(101)87-50(63(109)82-28-7-4-11-49-69(115)93-52(35-42-17-21-44(98)22-18-42)71(117)95-54(37-61(106)107)65(111)86-39-59(103)89-47(67(113)91-49)13-9-30-84-73(77)78)23-24-55(99)79-26-6-3-10-48-68(114)92-51(34-41-15-19-43(97)20-16-41)70(116)94-53(36-60(104)105)64(110)85-38-58(102)88-46(66(112)90-48)12-8-29-83-72(75)76/h15-22,45-54,96-98H,1-14,23-40,74H2,(H,79,99)(H,80,100)(H,81,108)(H,82,109)(H,85,110)(H,86,111)(H,87,101)(H,88,102)(H,89,103)(H,90,112)(H,91,113)(H,92,114)(H,93,115)(H,94,116)(H,95,117)(H,104,105)(H,106,107)(H4,75,76,83)(H4,77,78,84)/t45?,46-,47-,48?,49?,50?,51+,52+,53-,54-/m1/s1. The molecule has 2 aliphatic heterocycles. The Morgan fingerprint density at radius 1 is 0.420 bits per heavy atom. The monoisotopic (exact) mass is 1710 g/mol. The molecule has 2 aliphatic rings. The largest absolute Gasteiger partial charge is 0.508 e. The fourth-order valence-corrected chi connectivity index (χ4v) is 13.9. The molecule has 2 aromatic carbocycles. The number of carboxylic acids is 2. The number of phenolic OH excluding ortho intramolecular Hbond substituents is 2. The maximum atomic E-state index is 14.5. The second-order valence-electron chi connectivity index (χ2n) is 27.9. The van der Waals surface area contributed by atoms with Crippen molar-refractivity contribution >= 4 is 134 Å². The SMILES string of the molecule is N=C(N)NCCC[C@H]1NC(=O)CNC(=O)[C@@H](CC(=O)O)NC(=O)[C@H](Cc2ccc(O)cc2)NC(=O)C(CCCCNC(=O)CCC(NC(=O)CCCCCNC(=O)C(N)CSSCCC(=O)NCCO)C(=O)NCCCCC2NC(=O)[C@@H](CCCNC(=N)N)NC(=O)CNC(=O)[C@@H](CC(=O)O)NC(=O)[C@H](Cc3ccc(O)cc3)NC2=O)NC1=O. The van der Waals surface area contributed by atoms with Crippen LogP contribution in [-0.4, -0.2) is 269 Å². The van der Waals surface area contributed by atoms with E-state index in [1.807, 2.05) is 0 Å². The van der Waals surface area contributed by atoms with Crippen molar-refractivity contribution in [2.45, 2.75) is 195 Å². The quantitative estimate of drug-likeness (QED) is 0.0127. The average Bonchev–Trinajstić information content (AvgIpc) is 1.75. The van der Waals surface area contributed by atoms with Gasteiger partial charge in [-0.3, -0.25) is 92.3 Å². The number of guanidine groups is 2. The maximum Gasteiger partial charge on any atom is 0.305 e. The Labute approximate surface area is 693 Å². The lowest BCUT2D eigenvalue weighted by molar-refractivity contribution is -0.141. The van der Waals surface area contributed by atoms with Crippen molar-refractivity contribution in [1.29, 1.82) is 10.8 Å². The fourth-order valence-electron chi connectivity index (χ4n) is 11.8. The number of carbonyl (C=O) groups is 17. The van der Waals surface area contributed by atoms with E-state index >= 15 is 0 Å². The average molecular weight is 1710 g/mol. The van der Waals surface area contributed by atoms with Crippen LogP contribution in [-0.2, 0) is 94.3 Å². The van der Waals surface area contributed by atoms with E-state index in [0.717, 1.165) is 0 Å².